The molecule has 1 fully saturated rings. The molecule has 1 aliphatic heterocycles. The predicted molar refractivity (Wildman–Crippen MR) is 75.6 cm³/mol. The van der Waals surface area contributed by atoms with Gasteiger partial charge in [0.1, 0.15) is 0 Å². The maximum Gasteiger partial charge on any atom is 0.233 e. The third kappa shape index (κ3) is 5.83. The lowest BCUT2D eigenvalue weighted by Crippen LogP contribution is -2.44. The Morgan fingerprint density at radius 2 is 2.00 bits per heavy atom. The van der Waals surface area contributed by atoms with Crippen molar-refractivity contribution in [2.24, 2.45) is 5.41 Å². The van der Waals surface area contributed by atoms with Gasteiger partial charge < -0.3 is 15.5 Å². The van der Waals surface area contributed by atoms with E-state index in [0.29, 0.717) is 12.0 Å². The van der Waals surface area contributed by atoms with E-state index >= 15 is 0 Å². The number of hydrogen-bond donors (Lipinski definition) is 2. The summed E-state index contributed by atoms with van der Waals surface area (Å²) in [4.78, 5) is 13.9. The summed E-state index contributed by atoms with van der Waals surface area (Å²) in [6, 6.07) is 0. The smallest absolute Gasteiger partial charge is 0.233 e. The van der Waals surface area contributed by atoms with Crippen molar-refractivity contribution in [1.82, 2.24) is 15.5 Å². The molecule has 1 saturated heterocycles. The second-order valence-electron chi connectivity index (χ2n) is 5.92. The van der Waals surface area contributed by atoms with Gasteiger partial charge in [-0.25, -0.2) is 0 Å². The van der Waals surface area contributed by atoms with E-state index in [1.165, 1.54) is 25.9 Å². The summed E-state index contributed by atoms with van der Waals surface area (Å²) >= 11 is 0. The third-order valence-corrected chi connectivity index (χ3v) is 3.88. The van der Waals surface area contributed by atoms with E-state index < -0.39 is 0 Å². The summed E-state index contributed by atoms with van der Waals surface area (Å²) in [6.07, 6.45) is 4.62. The minimum absolute atomic E-state index is 0.125. The SMILES string of the molecule is CCCCNC(=O)CNCC1(C)CCN(C)CC1. The molecule has 4 nitrogen and oxygen atoms in total. The number of amides is 1. The fraction of sp³-hybridized carbons (Fsp3) is 0.929. The maximum absolute atomic E-state index is 11.5. The number of unbranched alkanes of at least 4 members (excludes halogenated alkanes) is 1. The molecule has 0 aliphatic carbocycles. The summed E-state index contributed by atoms with van der Waals surface area (Å²) < 4.78 is 0. The van der Waals surface area contributed by atoms with E-state index in [1.807, 2.05) is 0 Å². The Hall–Kier alpha value is -0.610. The van der Waals surface area contributed by atoms with Crippen molar-refractivity contribution in [2.45, 2.75) is 39.5 Å². The minimum Gasteiger partial charge on any atom is -0.355 e. The van der Waals surface area contributed by atoms with Crippen LogP contribution in [0.2, 0.25) is 0 Å². The number of carbonyl (C=O) groups excluding carboxylic acids is 1. The lowest BCUT2D eigenvalue weighted by atomic mass is 9.80. The lowest BCUT2D eigenvalue weighted by molar-refractivity contribution is -0.120. The molecular formula is C14H29N3O. The van der Waals surface area contributed by atoms with Crippen molar-refractivity contribution in [2.75, 3.05) is 39.8 Å². The zero-order valence-electron chi connectivity index (χ0n) is 12.2. The molecule has 1 aliphatic rings. The average Bonchev–Trinajstić information content (AvgIpc) is 2.34. The van der Waals surface area contributed by atoms with Crippen LogP contribution < -0.4 is 10.6 Å². The van der Waals surface area contributed by atoms with Crippen LogP contribution in [0.3, 0.4) is 0 Å². The van der Waals surface area contributed by atoms with E-state index in [2.05, 4.69) is 36.4 Å². The van der Waals surface area contributed by atoms with Gasteiger partial charge in [0.15, 0.2) is 0 Å². The van der Waals surface area contributed by atoms with Gasteiger partial charge in [-0.3, -0.25) is 4.79 Å². The van der Waals surface area contributed by atoms with Gasteiger partial charge >= 0.3 is 0 Å². The Bertz CT molecular complexity index is 247. The van der Waals surface area contributed by atoms with Gasteiger partial charge in [-0.1, -0.05) is 20.3 Å². The van der Waals surface area contributed by atoms with E-state index in [1.54, 1.807) is 0 Å². The molecule has 1 heterocycles. The van der Waals surface area contributed by atoms with Crippen molar-refractivity contribution in [1.29, 1.82) is 0 Å². The molecule has 4 heteroatoms. The van der Waals surface area contributed by atoms with E-state index in [9.17, 15) is 4.79 Å². The van der Waals surface area contributed by atoms with Crippen molar-refractivity contribution < 1.29 is 4.79 Å². The third-order valence-electron chi connectivity index (χ3n) is 3.88. The first-order valence-electron chi connectivity index (χ1n) is 7.22. The van der Waals surface area contributed by atoms with Crippen LogP contribution in [-0.4, -0.2) is 50.6 Å². The number of nitrogens with one attached hydrogen (secondary N) is 2. The summed E-state index contributed by atoms with van der Waals surface area (Å²) in [5.74, 6) is 0.125. The van der Waals surface area contributed by atoms with Gasteiger partial charge in [0.25, 0.3) is 0 Å². The van der Waals surface area contributed by atoms with Crippen molar-refractivity contribution in [3.63, 3.8) is 0 Å². The molecule has 0 spiro atoms. The second kappa shape index (κ2) is 7.74. The zero-order valence-corrected chi connectivity index (χ0v) is 12.2. The molecule has 0 radical (unpaired) electrons. The van der Waals surface area contributed by atoms with E-state index in [4.69, 9.17) is 0 Å². The van der Waals surface area contributed by atoms with Crippen LogP contribution in [0, 0.1) is 5.41 Å². The van der Waals surface area contributed by atoms with Gasteiger partial charge in [-0.15, -0.1) is 0 Å². The molecule has 0 aromatic carbocycles. The molecule has 106 valence electrons. The fourth-order valence-corrected chi connectivity index (χ4v) is 2.28. The van der Waals surface area contributed by atoms with E-state index in [0.717, 1.165) is 25.9 Å². The number of carbonyl (C=O) groups is 1. The standard InChI is InChI=1S/C14H29N3O/c1-4-5-8-16-13(18)11-15-12-14(2)6-9-17(3)10-7-14/h15H,4-12H2,1-3H3,(H,16,18). The first kappa shape index (κ1) is 15.4. The highest BCUT2D eigenvalue weighted by molar-refractivity contribution is 5.77. The molecule has 1 rings (SSSR count). The lowest BCUT2D eigenvalue weighted by Gasteiger charge is -2.38. The fourth-order valence-electron chi connectivity index (χ4n) is 2.28. The maximum atomic E-state index is 11.5. The van der Waals surface area contributed by atoms with Crippen LogP contribution in [0.4, 0.5) is 0 Å². The molecule has 0 saturated carbocycles. The van der Waals surface area contributed by atoms with Crippen molar-refractivity contribution in [3.05, 3.63) is 0 Å². The largest absolute Gasteiger partial charge is 0.355 e. The Balaban J connectivity index is 2.11. The molecule has 1 amide bonds. The van der Waals surface area contributed by atoms with Crippen LogP contribution in [0.15, 0.2) is 0 Å². The summed E-state index contributed by atoms with van der Waals surface area (Å²) in [5.41, 5.74) is 0.357. The number of likely N-dealkylation sites (tertiary alicyclic amines) is 1. The summed E-state index contributed by atoms with van der Waals surface area (Å²) in [7, 11) is 2.17. The quantitative estimate of drug-likeness (QED) is 0.672. The van der Waals surface area contributed by atoms with Gasteiger partial charge in [0, 0.05) is 13.1 Å². The first-order valence-corrected chi connectivity index (χ1v) is 7.22. The van der Waals surface area contributed by atoms with Gasteiger partial charge in [-0.2, -0.15) is 0 Å². The molecule has 18 heavy (non-hydrogen) atoms. The van der Waals surface area contributed by atoms with Crippen LogP contribution >= 0.6 is 0 Å². The van der Waals surface area contributed by atoms with Crippen LogP contribution in [0.25, 0.3) is 0 Å². The Kier molecular flexibility index (Phi) is 6.65. The highest BCUT2D eigenvalue weighted by atomic mass is 16.1. The van der Waals surface area contributed by atoms with Gasteiger partial charge in [-0.05, 0) is 44.8 Å². The Labute approximate surface area is 111 Å². The molecule has 0 atom stereocenters. The summed E-state index contributed by atoms with van der Waals surface area (Å²) in [5, 5.41) is 6.24. The topological polar surface area (TPSA) is 44.4 Å². The molecule has 0 aromatic rings. The molecule has 2 N–H and O–H groups in total. The van der Waals surface area contributed by atoms with Crippen LogP contribution in [0.1, 0.15) is 39.5 Å². The Morgan fingerprint density at radius 3 is 2.61 bits per heavy atom. The Morgan fingerprint density at radius 1 is 1.33 bits per heavy atom. The highest BCUT2D eigenvalue weighted by Gasteiger charge is 2.28. The summed E-state index contributed by atoms with van der Waals surface area (Å²) in [6.45, 7) is 8.99. The highest BCUT2D eigenvalue weighted by Crippen LogP contribution is 2.29. The van der Waals surface area contributed by atoms with Crippen molar-refractivity contribution in [3.8, 4) is 0 Å². The molecule has 0 bridgehead atoms. The monoisotopic (exact) mass is 255 g/mol. The van der Waals surface area contributed by atoms with E-state index in [-0.39, 0.29) is 5.91 Å². The second-order valence-corrected chi connectivity index (χ2v) is 5.92. The van der Waals surface area contributed by atoms with Gasteiger partial charge in [0.05, 0.1) is 6.54 Å². The molecule has 0 unspecified atom stereocenters. The number of nitrogens with zero attached hydrogens (tertiary/aromatic N) is 1. The number of hydrogen-bond acceptors (Lipinski definition) is 3. The number of piperidine rings is 1. The molecule has 0 aromatic heterocycles. The number of rotatable bonds is 7. The average molecular weight is 255 g/mol. The van der Waals surface area contributed by atoms with Crippen LogP contribution in [0.5, 0.6) is 0 Å². The predicted octanol–water partition coefficient (Wildman–Crippen LogP) is 1.22. The van der Waals surface area contributed by atoms with Gasteiger partial charge in [0.2, 0.25) is 5.91 Å². The normalized spacial score (nSPS) is 19.7. The van der Waals surface area contributed by atoms with Crippen LogP contribution in [-0.2, 0) is 4.79 Å². The first-order chi connectivity index (χ1) is 8.56. The van der Waals surface area contributed by atoms with Crippen molar-refractivity contribution >= 4 is 5.91 Å². The zero-order chi connectivity index (χ0) is 13.4. The molecular weight excluding hydrogens is 226 g/mol. The minimum atomic E-state index is 0.125.